The third kappa shape index (κ3) is 3.57. The summed E-state index contributed by atoms with van der Waals surface area (Å²) in [7, 11) is -2.18. The van der Waals surface area contributed by atoms with E-state index < -0.39 is 22.1 Å². The Hall–Kier alpha value is -1.44. The molecule has 7 heteroatoms. The minimum absolute atomic E-state index is 0.165. The number of benzene rings is 1. The normalized spacial score (nSPS) is 18.7. The van der Waals surface area contributed by atoms with Crippen LogP contribution >= 0.6 is 0 Å². The van der Waals surface area contributed by atoms with E-state index in [1.807, 2.05) is 6.07 Å². The number of nitrogens with zero attached hydrogens (tertiary/aromatic N) is 1. The molecule has 23 heavy (non-hydrogen) atoms. The second kappa shape index (κ2) is 6.98. The molecule has 0 spiro atoms. The van der Waals surface area contributed by atoms with E-state index in [9.17, 15) is 13.2 Å². The molecule has 1 heterocycles. The lowest BCUT2D eigenvalue weighted by molar-refractivity contribution is -0.152. The van der Waals surface area contributed by atoms with Gasteiger partial charge in [0.25, 0.3) is 0 Å². The maximum atomic E-state index is 12.9. The molecule has 1 aliphatic rings. The van der Waals surface area contributed by atoms with Crippen LogP contribution < -0.4 is 0 Å². The zero-order valence-corrected chi connectivity index (χ0v) is 14.5. The van der Waals surface area contributed by atoms with Gasteiger partial charge in [-0.2, -0.15) is 4.31 Å². The summed E-state index contributed by atoms with van der Waals surface area (Å²) in [4.78, 5) is 11.5. The summed E-state index contributed by atoms with van der Waals surface area (Å²) in [6.07, 6.45) is 0.0873. The summed E-state index contributed by atoms with van der Waals surface area (Å²) in [5.41, 5.74) is 1.46. The topological polar surface area (TPSA) is 83.9 Å². The molecule has 1 saturated heterocycles. The van der Waals surface area contributed by atoms with Gasteiger partial charge in [-0.15, -0.1) is 0 Å². The maximum absolute atomic E-state index is 12.9. The van der Waals surface area contributed by atoms with Crippen LogP contribution in [0.1, 0.15) is 24.0 Å². The van der Waals surface area contributed by atoms with Gasteiger partial charge < -0.3 is 9.84 Å². The van der Waals surface area contributed by atoms with E-state index in [1.165, 1.54) is 11.4 Å². The lowest BCUT2D eigenvalue weighted by Gasteiger charge is -2.33. The van der Waals surface area contributed by atoms with Crippen molar-refractivity contribution in [3.63, 3.8) is 0 Å². The fourth-order valence-corrected chi connectivity index (χ4v) is 5.15. The van der Waals surface area contributed by atoms with Crippen LogP contribution in [-0.2, 0) is 19.6 Å². The van der Waals surface area contributed by atoms with E-state index in [-0.39, 0.29) is 5.92 Å². The molecule has 0 aliphatic carbocycles. The van der Waals surface area contributed by atoms with Crippen molar-refractivity contribution in [3.05, 3.63) is 29.3 Å². The zero-order chi connectivity index (χ0) is 17.2. The number of aliphatic carboxylic acids is 1. The van der Waals surface area contributed by atoms with Crippen molar-refractivity contribution in [1.82, 2.24) is 4.31 Å². The van der Waals surface area contributed by atoms with Gasteiger partial charge in [-0.25, -0.2) is 13.2 Å². The number of hydrogen-bond acceptors (Lipinski definition) is 4. The number of aryl methyl sites for hydroxylation is 2. The maximum Gasteiger partial charge on any atom is 0.333 e. The highest BCUT2D eigenvalue weighted by molar-refractivity contribution is 7.89. The number of methoxy groups -OCH3 is 1. The summed E-state index contributed by atoms with van der Waals surface area (Å²) in [5.74, 6) is -1.16. The summed E-state index contributed by atoms with van der Waals surface area (Å²) >= 11 is 0. The predicted octanol–water partition coefficient (Wildman–Crippen LogP) is 1.80. The number of sulfonamides is 1. The molecule has 1 N–H and O–H groups in total. The minimum Gasteiger partial charge on any atom is -0.479 e. The first kappa shape index (κ1) is 17.9. The van der Waals surface area contributed by atoms with E-state index >= 15 is 0 Å². The minimum atomic E-state index is -3.55. The predicted molar refractivity (Wildman–Crippen MR) is 85.8 cm³/mol. The van der Waals surface area contributed by atoms with Crippen molar-refractivity contribution in [2.45, 2.75) is 37.7 Å². The Balaban J connectivity index is 2.18. The molecule has 2 rings (SSSR count). The van der Waals surface area contributed by atoms with Gasteiger partial charge in [0.05, 0.1) is 4.90 Å². The van der Waals surface area contributed by atoms with Crippen molar-refractivity contribution < 1.29 is 23.1 Å². The largest absolute Gasteiger partial charge is 0.479 e. The van der Waals surface area contributed by atoms with Crippen molar-refractivity contribution in [1.29, 1.82) is 0 Å². The number of rotatable bonds is 5. The van der Waals surface area contributed by atoms with Crippen LogP contribution in [-0.4, -0.2) is 50.1 Å². The van der Waals surface area contributed by atoms with E-state index in [0.717, 1.165) is 11.1 Å². The number of carbonyl (C=O) groups is 1. The van der Waals surface area contributed by atoms with Crippen LogP contribution in [0.2, 0.25) is 0 Å². The molecule has 1 aliphatic heterocycles. The molecule has 6 nitrogen and oxygen atoms in total. The molecule has 0 amide bonds. The molecule has 0 radical (unpaired) electrons. The van der Waals surface area contributed by atoms with Gasteiger partial charge in [0.2, 0.25) is 10.0 Å². The van der Waals surface area contributed by atoms with Gasteiger partial charge in [-0.3, -0.25) is 0 Å². The monoisotopic (exact) mass is 341 g/mol. The quantitative estimate of drug-likeness (QED) is 0.883. The zero-order valence-electron chi connectivity index (χ0n) is 13.7. The Kier molecular flexibility index (Phi) is 5.44. The van der Waals surface area contributed by atoms with Gasteiger partial charge in [0.15, 0.2) is 6.10 Å². The lowest BCUT2D eigenvalue weighted by atomic mass is 9.92. The van der Waals surface area contributed by atoms with Gasteiger partial charge in [-0.05, 0) is 43.7 Å². The standard InChI is InChI=1S/C16H23NO5S/c1-11-5-4-6-12(2)15(11)23(20,21)17-9-7-13(8-10-17)14(22-3)16(18)19/h4-6,13-14H,7-10H2,1-3H3,(H,18,19). The van der Waals surface area contributed by atoms with Crippen LogP contribution in [0.3, 0.4) is 0 Å². The number of carboxylic acids is 1. The lowest BCUT2D eigenvalue weighted by Crippen LogP contribution is -2.43. The molecule has 1 aromatic rings. The number of ether oxygens (including phenoxy) is 1. The Morgan fingerprint density at radius 3 is 2.22 bits per heavy atom. The van der Waals surface area contributed by atoms with E-state index in [0.29, 0.717) is 30.8 Å². The molecule has 0 aromatic heterocycles. The first-order valence-electron chi connectivity index (χ1n) is 7.61. The Morgan fingerprint density at radius 2 is 1.78 bits per heavy atom. The number of carboxylic acid groups (broad SMARTS) is 1. The SMILES string of the molecule is COC(C(=O)O)C1CCN(S(=O)(=O)c2c(C)cccc2C)CC1. The van der Waals surface area contributed by atoms with Gasteiger partial charge >= 0.3 is 5.97 Å². The summed E-state index contributed by atoms with van der Waals surface area (Å²) in [6.45, 7) is 4.21. The van der Waals surface area contributed by atoms with E-state index in [2.05, 4.69) is 0 Å². The highest BCUT2D eigenvalue weighted by atomic mass is 32.2. The molecule has 1 unspecified atom stereocenters. The summed E-state index contributed by atoms with van der Waals surface area (Å²) < 4.78 is 32.3. The Bertz CT molecular complexity index is 657. The van der Waals surface area contributed by atoms with Crippen molar-refractivity contribution >= 4 is 16.0 Å². The molecule has 128 valence electrons. The van der Waals surface area contributed by atoms with Crippen LogP contribution in [0.25, 0.3) is 0 Å². The van der Waals surface area contributed by atoms with Gasteiger partial charge in [0, 0.05) is 20.2 Å². The average molecular weight is 341 g/mol. The third-order valence-corrected chi connectivity index (χ3v) is 6.64. The van der Waals surface area contributed by atoms with Crippen LogP contribution in [0, 0.1) is 19.8 Å². The summed E-state index contributed by atoms with van der Waals surface area (Å²) in [5, 5.41) is 9.15. The summed E-state index contributed by atoms with van der Waals surface area (Å²) in [6, 6.07) is 5.42. The molecule has 0 saturated carbocycles. The van der Waals surface area contributed by atoms with Crippen LogP contribution in [0.5, 0.6) is 0 Å². The second-order valence-corrected chi connectivity index (χ2v) is 7.83. The first-order valence-corrected chi connectivity index (χ1v) is 9.05. The van der Waals surface area contributed by atoms with Crippen molar-refractivity contribution in [2.75, 3.05) is 20.2 Å². The number of piperidine rings is 1. The second-order valence-electron chi connectivity index (χ2n) is 5.96. The molecular formula is C16H23NO5S. The van der Waals surface area contributed by atoms with E-state index in [1.54, 1.807) is 26.0 Å². The smallest absolute Gasteiger partial charge is 0.333 e. The van der Waals surface area contributed by atoms with Crippen molar-refractivity contribution in [2.24, 2.45) is 5.92 Å². The Labute approximate surface area is 137 Å². The average Bonchev–Trinajstić information content (AvgIpc) is 2.47. The molecule has 0 bridgehead atoms. The van der Waals surface area contributed by atoms with Crippen molar-refractivity contribution in [3.8, 4) is 0 Å². The Morgan fingerprint density at radius 1 is 1.26 bits per heavy atom. The highest BCUT2D eigenvalue weighted by Crippen LogP contribution is 2.29. The van der Waals surface area contributed by atoms with Crippen LogP contribution in [0.15, 0.2) is 23.1 Å². The van der Waals surface area contributed by atoms with Gasteiger partial charge in [0.1, 0.15) is 0 Å². The fraction of sp³-hybridized carbons (Fsp3) is 0.562. The molecule has 1 atom stereocenters. The molecular weight excluding hydrogens is 318 g/mol. The first-order chi connectivity index (χ1) is 10.8. The van der Waals surface area contributed by atoms with E-state index in [4.69, 9.17) is 9.84 Å². The fourth-order valence-electron chi connectivity index (χ4n) is 3.25. The highest BCUT2D eigenvalue weighted by Gasteiger charge is 2.36. The van der Waals surface area contributed by atoms with Crippen LogP contribution in [0.4, 0.5) is 0 Å². The number of hydrogen-bond donors (Lipinski definition) is 1. The molecule has 1 aromatic carbocycles. The van der Waals surface area contributed by atoms with Gasteiger partial charge in [-0.1, -0.05) is 18.2 Å². The molecule has 1 fully saturated rings. The third-order valence-electron chi connectivity index (χ3n) is 4.43.